The fraction of sp³-hybridized carbons (Fsp3) is 0.250. The molecular weight excluding hydrogens is 602 g/mol. The van der Waals surface area contributed by atoms with E-state index in [9.17, 15) is 19.2 Å². The second-order valence-electron chi connectivity index (χ2n) is 11.2. The van der Waals surface area contributed by atoms with Crippen molar-refractivity contribution >= 4 is 46.1 Å². The molecule has 6 rings (SSSR count). The van der Waals surface area contributed by atoms with Crippen LogP contribution in [0.15, 0.2) is 94.2 Å². The SMILES string of the molecule is CCOC(=O)CN1C(=O)/C(=c2/sc3n(c2=O)[C@H](c2ccc(C(C)C)cc2)C(C(=O)OCC)=C(c2ccccc2)N=3)c2ccccc21. The zero-order chi connectivity index (χ0) is 32.5. The Labute approximate surface area is 269 Å². The van der Waals surface area contributed by atoms with Crippen molar-refractivity contribution in [2.75, 3.05) is 24.7 Å². The minimum Gasteiger partial charge on any atom is -0.465 e. The maximum Gasteiger partial charge on any atom is 0.338 e. The van der Waals surface area contributed by atoms with Gasteiger partial charge in [-0.2, -0.15) is 0 Å². The lowest BCUT2D eigenvalue weighted by atomic mass is 9.91. The van der Waals surface area contributed by atoms with Crippen molar-refractivity contribution in [1.29, 1.82) is 0 Å². The Hall–Kier alpha value is -5.09. The van der Waals surface area contributed by atoms with Gasteiger partial charge in [0.2, 0.25) is 0 Å². The first-order valence-electron chi connectivity index (χ1n) is 15.2. The number of rotatable bonds is 8. The highest BCUT2D eigenvalue weighted by Gasteiger charge is 2.39. The van der Waals surface area contributed by atoms with Crippen LogP contribution in [0.5, 0.6) is 0 Å². The zero-order valence-electron chi connectivity index (χ0n) is 26.0. The van der Waals surface area contributed by atoms with Gasteiger partial charge in [0.15, 0.2) is 4.80 Å². The summed E-state index contributed by atoms with van der Waals surface area (Å²) < 4.78 is 12.3. The van der Waals surface area contributed by atoms with Crippen molar-refractivity contribution in [2.45, 2.75) is 39.7 Å². The molecule has 1 aromatic heterocycles. The third-order valence-corrected chi connectivity index (χ3v) is 9.06. The van der Waals surface area contributed by atoms with Crippen molar-refractivity contribution in [3.63, 3.8) is 0 Å². The van der Waals surface area contributed by atoms with Crippen LogP contribution in [0.2, 0.25) is 0 Å². The normalized spacial score (nSPS) is 16.7. The molecule has 9 nitrogen and oxygen atoms in total. The molecule has 0 fully saturated rings. The molecule has 0 bridgehead atoms. The van der Waals surface area contributed by atoms with E-state index >= 15 is 0 Å². The molecule has 0 unspecified atom stereocenters. The molecule has 1 atom stereocenters. The number of aromatic nitrogens is 1. The number of esters is 2. The number of fused-ring (bicyclic) bond motifs is 2. The first-order chi connectivity index (χ1) is 22.2. The Kier molecular flexibility index (Phi) is 8.55. The number of ether oxygens (including phenoxy) is 2. The Morgan fingerprint density at radius 1 is 0.891 bits per heavy atom. The van der Waals surface area contributed by atoms with Gasteiger partial charge < -0.3 is 9.47 Å². The molecule has 1 amide bonds. The predicted octanol–water partition coefficient (Wildman–Crippen LogP) is 4.34. The number of benzene rings is 3. The summed E-state index contributed by atoms with van der Waals surface area (Å²) in [5, 5.41) is 0. The van der Waals surface area contributed by atoms with Gasteiger partial charge in [0.05, 0.1) is 41.8 Å². The maximum absolute atomic E-state index is 14.6. The Morgan fingerprint density at radius 2 is 1.57 bits per heavy atom. The minimum atomic E-state index is -0.872. The van der Waals surface area contributed by atoms with Crippen LogP contribution < -0.4 is 19.8 Å². The molecule has 0 N–H and O–H groups in total. The highest BCUT2D eigenvalue weighted by molar-refractivity contribution is 7.07. The molecule has 4 aromatic rings. The highest BCUT2D eigenvalue weighted by atomic mass is 32.1. The lowest BCUT2D eigenvalue weighted by Crippen LogP contribution is -2.41. The average molecular weight is 636 g/mol. The lowest BCUT2D eigenvalue weighted by molar-refractivity contribution is -0.142. The third kappa shape index (κ3) is 5.38. The fourth-order valence-corrected chi connectivity index (χ4v) is 6.95. The summed E-state index contributed by atoms with van der Waals surface area (Å²) in [6.45, 7) is 7.65. The van der Waals surface area contributed by atoms with Crippen LogP contribution >= 0.6 is 11.3 Å². The van der Waals surface area contributed by atoms with Gasteiger partial charge in [-0.05, 0) is 37.0 Å². The smallest absolute Gasteiger partial charge is 0.338 e. The quantitative estimate of drug-likeness (QED) is 0.267. The van der Waals surface area contributed by atoms with Crippen LogP contribution in [0, 0.1) is 0 Å². The molecule has 2 aliphatic rings. The van der Waals surface area contributed by atoms with E-state index in [0.29, 0.717) is 32.9 Å². The number of para-hydroxylation sites is 1. The van der Waals surface area contributed by atoms with Gasteiger partial charge in [0, 0.05) is 11.1 Å². The third-order valence-electron chi connectivity index (χ3n) is 8.01. The molecule has 46 heavy (non-hydrogen) atoms. The van der Waals surface area contributed by atoms with Crippen LogP contribution in [0.3, 0.4) is 0 Å². The number of hydrogen-bond acceptors (Lipinski definition) is 8. The van der Waals surface area contributed by atoms with Gasteiger partial charge in [-0.25, -0.2) is 9.79 Å². The van der Waals surface area contributed by atoms with Gasteiger partial charge in [0.1, 0.15) is 11.1 Å². The highest BCUT2D eigenvalue weighted by Crippen LogP contribution is 2.37. The predicted molar refractivity (Wildman–Crippen MR) is 176 cm³/mol. The lowest BCUT2D eigenvalue weighted by Gasteiger charge is -2.26. The molecule has 0 saturated carbocycles. The minimum absolute atomic E-state index is 0.138. The van der Waals surface area contributed by atoms with E-state index in [2.05, 4.69) is 13.8 Å². The van der Waals surface area contributed by atoms with E-state index in [1.807, 2.05) is 54.6 Å². The molecule has 0 aliphatic carbocycles. The largest absolute Gasteiger partial charge is 0.465 e. The van der Waals surface area contributed by atoms with Crippen LogP contribution in [0.4, 0.5) is 5.69 Å². The summed E-state index contributed by atoms with van der Waals surface area (Å²) in [5.74, 6) is -1.33. The van der Waals surface area contributed by atoms with Crippen molar-refractivity contribution in [1.82, 2.24) is 4.57 Å². The molecular formula is C36H33N3O6S. The second kappa shape index (κ2) is 12.7. The van der Waals surface area contributed by atoms with E-state index in [-0.39, 0.29) is 41.4 Å². The van der Waals surface area contributed by atoms with Gasteiger partial charge in [-0.3, -0.25) is 23.9 Å². The number of hydrogen-bond donors (Lipinski definition) is 0. The standard InChI is InChI=1S/C36H33N3O6S/c1-5-44-27(40)20-38-26-15-11-10-14-25(26)28(33(38)41)32-34(42)39-31(24-18-16-22(17-19-24)21(3)4)29(35(43)45-6-2)30(37-36(39)46-32)23-12-8-7-9-13-23/h7-19,21,31H,5-6,20H2,1-4H3/b32-28+/t31-/m1/s1. The van der Waals surface area contributed by atoms with Crippen LogP contribution in [-0.2, 0) is 23.9 Å². The van der Waals surface area contributed by atoms with E-state index in [1.165, 1.54) is 9.47 Å². The van der Waals surface area contributed by atoms with E-state index in [1.54, 1.807) is 38.1 Å². The van der Waals surface area contributed by atoms with Crippen LogP contribution in [0.1, 0.15) is 61.9 Å². The molecule has 3 aromatic carbocycles. The van der Waals surface area contributed by atoms with Gasteiger partial charge in [-0.1, -0.05) is 98.0 Å². The van der Waals surface area contributed by atoms with Gasteiger partial charge in [-0.15, -0.1) is 0 Å². The van der Waals surface area contributed by atoms with Crippen molar-refractivity contribution < 1.29 is 23.9 Å². The second-order valence-corrected chi connectivity index (χ2v) is 12.1. The average Bonchev–Trinajstić information content (AvgIpc) is 3.52. The zero-order valence-corrected chi connectivity index (χ0v) is 26.8. The van der Waals surface area contributed by atoms with E-state index in [4.69, 9.17) is 14.5 Å². The summed E-state index contributed by atoms with van der Waals surface area (Å²) in [7, 11) is 0. The molecule has 3 heterocycles. The summed E-state index contributed by atoms with van der Waals surface area (Å²) in [6, 6.07) is 23.3. The Morgan fingerprint density at radius 3 is 2.24 bits per heavy atom. The number of carbonyl (C=O) groups is 3. The fourth-order valence-electron chi connectivity index (χ4n) is 5.86. The number of thiazole rings is 1. The van der Waals surface area contributed by atoms with Crippen LogP contribution in [-0.4, -0.2) is 42.2 Å². The Balaban J connectivity index is 1.65. The Bertz CT molecular complexity index is 2060. The summed E-state index contributed by atoms with van der Waals surface area (Å²) in [5.41, 5.74) is 3.90. The maximum atomic E-state index is 14.6. The number of carbonyl (C=O) groups excluding carboxylic acids is 3. The van der Waals surface area contributed by atoms with Gasteiger partial charge >= 0.3 is 11.9 Å². The summed E-state index contributed by atoms with van der Waals surface area (Å²) in [4.78, 5) is 61.4. The monoisotopic (exact) mass is 635 g/mol. The summed E-state index contributed by atoms with van der Waals surface area (Å²) in [6.07, 6.45) is 0. The van der Waals surface area contributed by atoms with Crippen LogP contribution in [0.25, 0.3) is 11.3 Å². The molecule has 0 radical (unpaired) electrons. The van der Waals surface area contributed by atoms with E-state index < -0.39 is 29.4 Å². The first-order valence-corrected chi connectivity index (χ1v) is 16.0. The number of amides is 1. The first kappa shape index (κ1) is 30.9. The molecule has 0 spiro atoms. The van der Waals surface area contributed by atoms with Crippen molar-refractivity contribution in [3.8, 4) is 0 Å². The van der Waals surface area contributed by atoms with E-state index in [0.717, 1.165) is 16.9 Å². The van der Waals surface area contributed by atoms with Crippen molar-refractivity contribution in [3.05, 3.63) is 126 Å². The van der Waals surface area contributed by atoms with Crippen molar-refractivity contribution in [2.24, 2.45) is 4.99 Å². The number of nitrogens with zero attached hydrogens (tertiary/aromatic N) is 3. The van der Waals surface area contributed by atoms with Gasteiger partial charge in [0.25, 0.3) is 11.5 Å². The number of anilines is 1. The summed E-state index contributed by atoms with van der Waals surface area (Å²) >= 11 is 1.09. The molecule has 234 valence electrons. The molecule has 10 heteroatoms. The molecule has 2 aliphatic heterocycles. The molecule has 0 saturated heterocycles. The topological polar surface area (TPSA) is 107 Å².